The number of Topliss-reactive ketones (excluding diaryl/α,β-unsaturated/α-hetero) is 1. The van der Waals surface area contributed by atoms with Crippen LogP contribution in [0.15, 0.2) is 36.5 Å². The van der Waals surface area contributed by atoms with Crippen LogP contribution in [0.1, 0.15) is 39.5 Å². The number of carbonyl (C=O) groups excluding carboxylic acids is 1. The molecule has 0 bridgehead atoms. The first-order valence-electron chi connectivity index (χ1n) is 6.41. The van der Waals surface area contributed by atoms with Crippen molar-refractivity contribution in [2.75, 3.05) is 0 Å². The van der Waals surface area contributed by atoms with E-state index in [0.717, 1.165) is 29.7 Å². The Morgan fingerprint density at radius 1 is 1.37 bits per heavy atom. The Kier molecular flexibility index (Phi) is 3.11. The molecular weight excluding hydrogens is 258 g/mol. The maximum Gasteiger partial charge on any atom is 0.172 e. The number of aromatic nitrogens is 1. The molecule has 1 heterocycles. The summed E-state index contributed by atoms with van der Waals surface area (Å²) in [6.07, 6.45) is 3.53. The zero-order valence-electron chi connectivity index (χ0n) is 10.7. The van der Waals surface area contributed by atoms with Gasteiger partial charge in [0, 0.05) is 16.8 Å². The Morgan fingerprint density at radius 3 is 3.05 bits per heavy atom. The quantitative estimate of drug-likeness (QED) is 0.774. The van der Waals surface area contributed by atoms with Crippen LogP contribution in [0.5, 0.6) is 0 Å². The second-order valence-corrected chi connectivity index (χ2v) is 5.40. The van der Waals surface area contributed by atoms with E-state index in [1.54, 1.807) is 12.3 Å². The number of fused-ring (bicyclic) bond motifs is 1. The van der Waals surface area contributed by atoms with Gasteiger partial charge < -0.3 is 0 Å². The van der Waals surface area contributed by atoms with Gasteiger partial charge >= 0.3 is 0 Å². The van der Waals surface area contributed by atoms with Crippen molar-refractivity contribution in [2.24, 2.45) is 0 Å². The highest BCUT2D eigenvalue weighted by Crippen LogP contribution is 2.34. The first kappa shape index (κ1) is 12.4. The topological polar surface area (TPSA) is 30.0 Å². The lowest BCUT2D eigenvalue weighted by Gasteiger charge is -2.12. The van der Waals surface area contributed by atoms with Crippen LogP contribution in [0.2, 0.25) is 5.02 Å². The molecule has 2 aromatic rings. The highest BCUT2D eigenvalue weighted by molar-refractivity contribution is 6.31. The fraction of sp³-hybridized carbons (Fsp3) is 0.250. The summed E-state index contributed by atoms with van der Waals surface area (Å²) < 4.78 is 0. The molecule has 96 valence electrons. The van der Waals surface area contributed by atoms with E-state index < -0.39 is 0 Å². The fourth-order valence-electron chi connectivity index (χ4n) is 2.72. The van der Waals surface area contributed by atoms with E-state index in [1.165, 1.54) is 5.56 Å². The van der Waals surface area contributed by atoms with Gasteiger partial charge in [-0.05, 0) is 49.1 Å². The number of benzene rings is 1. The van der Waals surface area contributed by atoms with Crippen molar-refractivity contribution in [2.45, 2.75) is 25.7 Å². The minimum absolute atomic E-state index is 0.117. The molecule has 19 heavy (non-hydrogen) atoms. The summed E-state index contributed by atoms with van der Waals surface area (Å²) in [5, 5.41) is 0.605. The van der Waals surface area contributed by atoms with Crippen LogP contribution in [0, 0.1) is 6.92 Å². The van der Waals surface area contributed by atoms with Gasteiger partial charge in [0.1, 0.15) is 0 Å². The van der Waals surface area contributed by atoms with Crippen LogP contribution >= 0.6 is 11.6 Å². The average Bonchev–Trinajstić information content (AvgIpc) is 2.84. The van der Waals surface area contributed by atoms with Crippen LogP contribution < -0.4 is 0 Å². The third-order valence-corrected chi connectivity index (χ3v) is 3.98. The van der Waals surface area contributed by atoms with Crippen molar-refractivity contribution in [1.29, 1.82) is 0 Å². The molecule has 0 fully saturated rings. The maximum absolute atomic E-state index is 12.7. The van der Waals surface area contributed by atoms with Crippen LogP contribution in [-0.4, -0.2) is 10.8 Å². The van der Waals surface area contributed by atoms with Crippen LogP contribution in [-0.2, 0) is 6.42 Å². The number of pyridine rings is 1. The number of hydrogen-bond acceptors (Lipinski definition) is 2. The largest absolute Gasteiger partial charge is 0.293 e. The number of nitrogens with zero attached hydrogens (tertiary/aromatic N) is 1. The summed E-state index contributed by atoms with van der Waals surface area (Å²) >= 11 is 6.00. The molecule has 0 aliphatic heterocycles. The normalized spacial score (nSPS) is 17.3. The monoisotopic (exact) mass is 271 g/mol. The predicted molar refractivity (Wildman–Crippen MR) is 75.8 cm³/mol. The van der Waals surface area contributed by atoms with Gasteiger partial charge in [0.2, 0.25) is 0 Å². The SMILES string of the molecule is Cc1ccc(Cl)cc1C(=O)C1CCc2cccnc21. The Morgan fingerprint density at radius 2 is 2.21 bits per heavy atom. The van der Waals surface area contributed by atoms with Crippen molar-refractivity contribution >= 4 is 17.4 Å². The van der Waals surface area contributed by atoms with Crippen LogP contribution in [0.25, 0.3) is 0 Å². The zero-order valence-corrected chi connectivity index (χ0v) is 11.4. The van der Waals surface area contributed by atoms with E-state index in [1.807, 2.05) is 25.1 Å². The number of hydrogen-bond donors (Lipinski definition) is 0. The summed E-state index contributed by atoms with van der Waals surface area (Å²) in [6, 6.07) is 9.45. The van der Waals surface area contributed by atoms with Gasteiger partial charge in [-0.25, -0.2) is 0 Å². The van der Waals surface area contributed by atoms with Crippen molar-refractivity contribution in [3.05, 3.63) is 63.9 Å². The molecule has 2 nitrogen and oxygen atoms in total. The third kappa shape index (κ3) is 2.17. The summed E-state index contributed by atoms with van der Waals surface area (Å²) in [5.41, 5.74) is 3.82. The Labute approximate surface area is 117 Å². The first-order chi connectivity index (χ1) is 9.16. The first-order valence-corrected chi connectivity index (χ1v) is 6.79. The van der Waals surface area contributed by atoms with Gasteiger partial charge in [0.15, 0.2) is 5.78 Å². The van der Waals surface area contributed by atoms with Gasteiger partial charge in [-0.2, -0.15) is 0 Å². The summed E-state index contributed by atoms with van der Waals surface area (Å²) in [4.78, 5) is 17.1. The molecule has 0 saturated carbocycles. The van der Waals surface area contributed by atoms with Crippen molar-refractivity contribution in [3.63, 3.8) is 0 Å². The maximum atomic E-state index is 12.7. The van der Waals surface area contributed by atoms with Crippen LogP contribution in [0.4, 0.5) is 0 Å². The molecule has 1 aliphatic carbocycles. The molecular formula is C16H14ClNO. The Bertz CT molecular complexity index is 651. The third-order valence-electron chi connectivity index (χ3n) is 3.74. The Balaban J connectivity index is 2.00. The van der Waals surface area contributed by atoms with Crippen molar-refractivity contribution in [3.8, 4) is 0 Å². The fourth-order valence-corrected chi connectivity index (χ4v) is 2.89. The van der Waals surface area contributed by atoms with Gasteiger partial charge in [-0.1, -0.05) is 23.7 Å². The van der Waals surface area contributed by atoms with E-state index >= 15 is 0 Å². The second-order valence-electron chi connectivity index (χ2n) is 4.96. The van der Waals surface area contributed by atoms with E-state index in [2.05, 4.69) is 11.1 Å². The smallest absolute Gasteiger partial charge is 0.172 e. The molecule has 0 amide bonds. The molecule has 0 spiro atoms. The van der Waals surface area contributed by atoms with Crippen LogP contribution in [0.3, 0.4) is 0 Å². The minimum Gasteiger partial charge on any atom is -0.293 e. The predicted octanol–water partition coefficient (Wildman–Crippen LogP) is 3.96. The second kappa shape index (κ2) is 4.78. The summed E-state index contributed by atoms with van der Waals surface area (Å²) in [6.45, 7) is 1.94. The molecule has 0 radical (unpaired) electrons. The van der Waals surface area contributed by atoms with Crippen molar-refractivity contribution in [1.82, 2.24) is 4.98 Å². The highest BCUT2D eigenvalue weighted by atomic mass is 35.5. The highest BCUT2D eigenvalue weighted by Gasteiger charge is 2.31. The number of ketones is 1. The molecule has 1 aromatic heterocycles. The van der Waals surface area contributed by atoms with E-state index in [0.29, 0.717) is 5.02 Å². The van der Waals surface area contributed by atoms with E-state index in [-0.39, 0.29) is 11.7 Å². The van der Waals surface area contributed by atoms with Gasteiger partial charge in [0.05, 0.1) is 11.6 Å². The number of carbonyl (C=O) groups is 1. The average molecular weight is 272 g/mol. The van der Waals surface area contributed by atoms with E-state index in [4.69, 9.17) is 11.6 Å². The van der Waals surface area contributed by atoms with Crippen molar-refractivity contribution < 1.29 is 4.79 Å². The summed E-state index contributed by atoms with van der Waals surface area (Å²) in [7, 11) is 0. The lowest BCUT2D eigenvalue weighted by molar-refractivity contribution is 0.0957. The number of rotatable bonds is 2. The molecule has 3 rings (SSSR count). The van der Waals surface area contributed by atoms with Gasteiger partial charge in [-0.3, -0.25) is 9.78 Å². The molecule has 3 heteroatoms. The Hall–Kier alpha value is -1.67. The standard InChI is InChI=1S/C16H14ClNO/c1-10-4-6-12(17)9-14(10)16(19)13-7-5-11-3-2-8-18-15(11)13/h2-4,6,8-9,13H,5,7H2,1H3. The molecule has 1 atom stereocenters. The van der Waals surface area contributed by atoms with Gasteiger partial charge in [-0.15, -0.1) is 0 Å². The van der Waals surface area contributed by atoms with Gasteiger partial charge in [0.25, 0.3) is 0 Å². The lowest BCUT2D eigenvalue weighted by atomic mass is 9.92. The minimum atomic E-state index is -0.117. The molecule has 1 aromatic carbocycles. The number of aryl methyl sites for hydroxylation is 2. The molecule has 1 aliphatic rings. The zero-order chi connectivity index (χ0) is 13.4. The summed E-state index contributed by atoms with van der Waals surface area (Å²) in [5.74, 6) is 0.0193. The molecule has 1 unspecified atom stereocenters. The van der Waals surface area contributed by atoms with E-state index in [9.17, 15) is 4.79 Å². The lowest BCUT2D eigenvalue weighted by Crippen LogP contribution is -2.12. The number of halogens is 1. The molecule has 0 N–H and O–H groups in total. The molecule has 0 saturated heterocycles.